The smallest absolute Gasteiger partial charge is 0.310 e. The van der Waals surface area contributed by atoms with E-state index in [-0.39, 0.29) is 22.9 Å². The van der Waals surface area contributed by atoms with Gasteiger partial charge in [0.25, 0.3) is 0 Å². The van der Waals surface area contributed by atoms with Crippen molar-refractivity contribution in [1.29, 1.82) is 0 Å². The maximum atomic E-state index is 10.5. The van der Waals surface area contributed by atoms with Gasteiger partial charge in [0, 0.05) is 23.3 Å². The Balaban J connectivity index is 0.000000271. The lowest BCUT2D eigenvalue weighted by Crippen LogP contribution is -1.94. The minimum absolute atomic E-state index is 0.0922. The van der Waals surface area contributed by atoms with Gasteiger partial charge in [0.15, 0.2) is 11.5 Å². The molecule has 0 radical (unpaired) electrons. The highest BCUT2D eigenvalue weighted by molar-refractivity contribution is 5.80. The van der Waals surface area contributed by atoms with Crippen LogP contribution in [-0.4, -0.2) is 41.8 Å². The van der Waals surface area contributed by atoms with Gasteiger partial charge in [0.2, 0.25) is 0 Å². The average Bonchev–Trinajstić information content (AvgIpc) is 2.67. The fraction of sp³-hybridized carbons (Fsp3) is 0.125. The van der Waals surface area contributed by atoms with Gasteiger partial charge >= 0.3 is 11.4 Å². The lowest BCUT2D eigenvalue weighted by molar-refractivity contribution is -0.385. The van der Waals surface area contributed by atoms with Crippen LogP contribution in [0.15, 0.2) is 41.6 Å². The maximum absolute atomic E-state index is 10.5. The molecule has 0 atom stereocenters. The van der Waals surface area contributed by atoms with Gasteiger partial charge < -0.3 is 14.7 Å². The molecule has 0 aliphatic carbocycles. The van der Waals surface area contributed by atoms with E-state index in [0.29, 0.717) is 17.4 Å². The van der Waals surface area contributed by atoms with E-state index in [1.54, 1.807) is 0 Å². The summed E-state index contributed by atoms with van der Waals surface area (Å²) in [5, 5.41) is 32.0. The van der Waals surface area contributed by atoms with Gasteiger partial charge in [-0.05, 0) is 24.3 Å². The van der Waals surface area contributed by atoms with Crippen molar-refractivity contribution in [2.24, 2.45) is 5.16 Å². The fourth-order valence-electron chi connectivity index (χ4n) is 1.91. The van der Waals surface area contributed by atoms with E-state index in [0.717, 1.165) is 6.21 Å². The van der Waals surface area contributed by atoms with E-state index in [1.807, 2.05) is 0 Å². The highest BCUT2D eigenvalue weighted by atomic mass is 16.6. The summed E-state index contributed by atoms with van der Waals surface area (Å²) in [5.74, 6) is 0.224. The monoisotopic (exact) mass is 377 g/mol. The zero-order chi connectivity index (χ0) is 20.4. The normalized spacial score (nSPS) is 9.85. The first-order valence-electron chi connectivity index (χ1n) is 7.15. The molecule has 0 aliphatic heterocycles. The molecule has 0 saturated heterocycles. The van der Waals surface area contributed by atoms with E-state index in [9.17, 15) is 25.0 Å². The lowest BCUT2D eigenvalue weighted by Gasteiger charge is -2.01. The number of ether oxygens (including phenoxy) is 2. The number of aldehydes is 1. The van der Waals surface area contributed by atoms with Crippen LogP contribution in [0.2, 0.25) is 0 Å². The van der Waals surface area contributed by atoms with Crippen LogP contribution in [0, 0.1) is 20.2 Å². The number of benzene rings is 2. The molecule has 0 aromatic heterocycles. The van der Waals surface area contributed by atoms with Crippen LogP contribution in [0.5, 0.6) is 11.5 Å². The molecule has 11 nitrogen and oxygen atoms in total. The van der Waals surface area contributed by atoms with Crippen LogP contribution in [0.3, 0.4) is 0 Å². The number of oxime groups is 1. The Morgan fingerprint density at radius 2 is 1.37 bits per heavy atom. The van der Waals surface area contributed by atoms with Crippen molar-refractivity contribution in [2.75, 3.05) is 14.2 Å². The van der Waals surface area contributed by atoms with Crippen molar-refractivity contribution < 1.29 is 29.3 Å². The Hall–Kier alpha value is -4.02. The Morgan fingerprint density at radius 1 is 0.926 bits per heavy atom. The second-order valence-corrected chi connectivity index (χ2v) is 4.74. The number of carbonyl (C=O) groups is 1. The summed E-state index contributed by atoms with van der Waals surface area (Å²) in [6.07, 6.45) is 1.76. The third kappa shape index (κ3) is 5.77. The number of rotatable bonds is 6. The number of methoxy groups -OCH3 is 2. The van der Waals surface area contributed by atoms with Crippen molar-refractivity contribution in [1.82, 2.24) is 0 Å². The van der Waals surface area contributed by atoms with Crippen molar-refractivity contribution in [3.63, 3.8) is 0 Å². The van der Waals surface area contributed by atoms with Gasteiger partial charge in [0.1, 0.15) is 6.29 Å². The first kappa shape index (κ1) is 21.0. The molecule has 0 amide bonds. The van der Waals surface area contributed by atoms with Crippen LogP contribution in [0.25, 0.3) is 0 Å². The first-order chi connectivity index (χ1) is 12.9. The molecule has 0 spiro atoms. The van der Waals surface area contributed by atoms with E-state index in [2.05, 4.69) is 5.16 Å². The molecule has 0 heterocycles. The molecule has 0 fully saturated rings. The van der Waals surface area contributed by atoms with Crippen LogP contribution in [0.4, 0.5) is 11.4 Å². The molecule has 1 N–H and O–H groups in total. The standard InChI is InChI=1S/C8H8N2O4.C8H7NO4/c1-14-8-4-6(5-9-11)2-3-7(8)10(12)13;1-13-8-4-6(5-10)2-3-7(8)9(11)12/h2-5,11H,1H3;2-5H,1H3. The van der Waals surface area contributed by atoms with E-state index >= 15 is 0 Å². The van der Waals surface area contributed by atoms with Gasteiger partial charge in [0.05, 0.1) is 30.3 Å². The summed E-state index contributed by atoms with van der Waals surface area (Å²) in [6.45, 7) is 0. The molecular formula is C16H15N3O8. The summed E-state index contributed by atoms with van der Waals surface area (Å²) >= 11 is 0. The summed E-state index contributed by atoms with van der Waals surface area (Å²) in [7, 11) is 2.65. The Kier molecular flexibility index (Phi) is 7.85. The molecule has 142 valence electrons. The second kappa shape index (κ2) is 10.1. The van der Waals surface area contributed by atoms with E-state index < -0.39 is 9.85 Å². The summed E-state index contributed by atoms with van der Waals surface area (Å²) in [6, 6.07) is 8.09. The van der Waals surface area contributed by atoms with Gasteiger partial charge in [-0.15, -0.1) is 0 Å². The number of nitrogens with zero attached hydrogens (tertiary/aromatic N) is 3. The molecule has 0 aliphatic rings. The molecule has 27 heavy (non-hydrogen) atoms. The van der Waals surface area contributed by atoms with Gasteiger partial charge in [-0.2, -0.15) is 0 Å². The number of carbonyl (C=O) groups excluding carboxylic acids is 1. The van der Waals surface area contributed by atoms with Gasteiger partial charge in [-0.1, -0.05) is 5.16 Å². The Morgan fingerprint density at radius 3 is 1.74 bits per heavy atom. The predicted octanol–water partition coefficient (Wildman–Crippen LogP) is 2.83. The van der Waals surface area contributed by atoms with Gasteiger partial charge in [-0.25, -0.2) is 0 Å². The van der Waals surface area contributed by atoms with Gasteiger partial charge in [-0.3, -0.25) is 25.0 Å². The number of hydrogen-bond acceptors (Lipinski definition) is 9. The molecule has 0 unspecified atom stereocenters. The third-order valence-electron chi connectivity index (χ3n) is 3.14. The third-order valence-corrected chi connectivity index (χ3v) is 3.14. The Labute approximate surface area is 152 Å². The molecule has 2 aromatic carbocycles. The quantitative estimate of drug-likeness (QED) is 0.265. The fourth-order valence-corrected chi connectivity index (χ4v) is 1.91. The van der Waals surface area contributed by atoms with Crippen LogP contribution < -0.4 is 9.47 Å². The van der Waals surface area contributed by atoms with Crippen molar-refractivity contribution in [3.05, 3.63) is 67.8 Å². The molecule has 2 aromatic rings. The summed E-state index contributed by atoms with van der Waals surface area (Å²) in [4.78, 5) is 30.1. The molecule has 11 heteroatoms. The topological polar surface area (TPSA) is 154 Å². The maximum Gasteiger partial charge on any atom is 0.310 e. The number of hydrogen-bond donors (Lipinski definition) is 1. The predicted molar refractivity (Wildman–Crippen MR) is 94.1 cm³/mol. The van der Waals surface area contributed by atoms with Crippen LogP contribution in [-0.2, 0) is 0 Å². The van der Waals surface area contributed by atoms with Crippen LogP contribution >= 0.6 is 0 Å². The van der Waals surface area contributed by atoms with E-state index in [1.165, 1.54) is 50.6 Å². The second-order valence-electron chi connectivity index (χ2n) is 4.74. The Bertz CT molecular complexity index is 867. The number of nitro groups is 2. The van der Waals surface area contributed by atoms with Crippen LogP contribution in [0.1, 0.15) is 15.9 Å². The van der Waals surface area contributed by atoms with Crippen molar-refractivity contribution in [3.8, 4) is 11.5 Å². The molecule has 0 bridgehead atoms. The SMILES string of the molecule is COc1cc(C=NO)ccc1[N+](=O)[O-].COc1cc(C=O)ccc1[N+](=O)[O-]. The number of nitro benzene ring substituents is 2. The minimum atomic E-state index is -0.562. The summed E-state index contributed by atoms with van der Waals surface area (Å²) < 4.78 is 9.56. The van der Waals surface area contributed by atoms with Crippen molar-refractivity contribution >= 4 is 23.9 Å². The molecular weight excluding hydrogens is 362 g/mol. The zero-order valence-electron chi connectivity index (χ0n) is 14.3. The lowest BCUT2D eigenvalue weighted by atomic mass is 10.2. The van der Waals surface area contributed by atoms with Crippen molar-refractivity contribution in [2.45, 2.75) is 0 Å². The zero-order valence-corrected chi connectivity index (χ0v) is 14.3. The highest BCUT2D eigenvalue weighted by Gasteiger charge is 2.14. The van der Waals surface area contributed by atoms with E-state index in [4.69, 9.17) is 14.7 Å². The molecule has 2 rings (SSSR count). The first-order valence-corrected chi connectivity index (χ1v) is 7.15. The molecule has 0 saturated carbocycles. The highest BCUT2D eigenvalue weighted by Crippen LogP contribution is 2.27. The minimum Gasteiger partial charge on any atom is -0.490 e. The largest absolute Gasteiger partial charge is 0.490 e. The summed E-state index contributed by atoms with van der Waals surface area (Å²) in [5.41, 5.74) is 0.605. The average molecular weight is 377 g/mol.